The van der Waals surface area contributed by atoms with Crippen LogP contribution in [0.4, 0.5) is 5.69 Å². The highest BCUT2D eigenvalue weighted by Crippen LogP contribution is 2.18. The lowest BCUT2D eigenvalue weighted by Gasteiger charge is -2.29. The van der Waals surface area contributed by atoms with Crippen LogP contribution in [-0.2, 0) is 16.0 Å². The third-order valence-corrected chi connectivity index (χ3v) is 6.21. The Morgan fingerprint density at radius 1 is 0.774 bits per heavy atom. The maximum absolute atomic E-state index is 12.5. The first-order valence-corrected chi connectivity index (χ1v) is 11.3. The van der Waals surface area contributed by atoms with Gasteiger partial charge in [-0.1, -0.05) is 42.5 Å². The van der Waals surface area contributed by atoms with Crippen LogP contribution in [0.25, 0.3) is 0 Å². The lowest BCUT2D eigenvalue weighted by atomic mass is 10.1. The minimum absolute atomic E-state index is 0.0600. The fourth-order valence-electron chi connectivity index (χ4n) is 4.25. The number of piperazine rings is 1. The molecule has 1 fully saturated rings. The molecule has 6 heteroatoms. The maximum atomic E-state index is 12.5. The van der Waals surface area contributed by atoms with E-state index in [1.54, 1.807) is 0 Å². The second-order valence-electron chi connectivity index (χ2n) is 8.69. The smallest absolute Gasteiger partial charge is 0.279 e. The summed E-state index contributed by atoms with van der Waals surface area (Å²) in [5.74, 6) is 0.171. The molecule has 0 aromatic heterocycles. The van der Waals surface area contributed by atoms with Crippen molar-refractivity contribution < 1.29 is 19.4 Å². The summed E-state index contributed by atoms with van der Waals surface area (Å²) >= 11 is 0. The molecule has 1 saturated heterocycles. The predicted molar refractivity (Wildman–Crippen MR) is 124 cm³/mol. The van der Waals surface area contributed by atoms with E-state index in [1.165, 1.54) is 20.9 Å². The summed E-state index contributed by atoms with van der Waals surface area (Å²) in [6, 6.07) is 14.3. The van der Waals surface area contributed by atoms with Crippen LogP contribution in [0.1, 0.15) is 22.3 Å². The first kappa shape index (κ1) is 23.0. The molecule has 0 atom stereocenters. The normalized spacial score (nSPS) is 18.4. The quantitative estimate of drug-likeness (QED) is 0.470. The van der Waals surface area contributed by atoms with Crippen LogP contribution in [0.5, 0.6) is 0 Å². The molecule has 3 rings (SSSR count). The van der Waals surface area contributed by atoms with E-state index in [9.17, 15) is 9.59 Å². The summed E-state index contributed by atoms with van der Waals surface area (Å²) in [7, 11) is 0. The van der Waals surface area contributed by atoms with Gasteiger partial charge in [-0.15, -0.1) is 0 Å². The molecule has 4 N–H and O–H groups in total. The van der Waals surface area contributed by atoms with Gasteiger partial charge in [-0.25, -0.2) is 0 Å². The van der Waals surface area contributed by atoms with Crippen LogP contribution in [0, 0.1) is 20.8 Å². The fourth-order valence-corrected chi connectivity index (χ4v) is 4.25. The van der Waals surface area contributed by atoms with Gasteiger partial charge in [0.25, 0.3) is 11.8 Å². The number of carbonyl (C=O) groups excluding carboxylic acids is 2. The molecule has 166 valence electrons. The molecule has 0 radical (unpaired) electrons. The molecule has 31 heavy (non-hydrogen) atoms. The molecule has 1 heterocycles. The highest BCUT2D eigenvalue weighted by Gasteiger charge is 2.26. The number of benzene rings is 2. The Balaban J connectivity index is 1.35. The van der Waals surface area contributed by atoms with Crippen LogP contribution in [-0.4, -0.2) is 57.6 Å². The van der Waals surface area contributed by atoms with Gasteiger partial charge in [0, 0.05) is 12.2 Å². The summed E-state index contributed by atoms with van der Waals surface area (Å²) in [6.07, 6.45) is 0.862. The second-order valence-corrected chi connectivity index (χ2v) is 8.69. The molecular formula is C25H36N4O2+2. The minimum Gasteiger partial charge on any atom is -0.351 e. The zero-order chi connectivity index (χ0) is 22.2. The molecule has 6 nitrogen and oxygen atoms in total. The molecule has 1 aliphatic heterocycles. The van der Waals surface area contributed by atoms with Crippen LogP contribution in [0.3, 0.4) is 0 Å². The topological polar surface area (TPSA) is 67.1 Å². The molecule has 0 bridgehead atoms. The van der Waals surface area contributed by atoms with Gasteiger partial charge in [0.05, 0.1) is 0 Å². The zero-order valence-electron chi connectivity index (χ0n) is 19.0. The number of aryl methyl sites for hydroxylation is 3. The molecule has 2 aromatic carbocycles. The van der Waals surface area contributed by atoms with Crippen LogP contribution < -0.4 is 20.4 Å². The SMILES string of the molecule is Cc1ccccc1CCNC(=O)C[NH+]1CC[NH+](CC(=O)Nc2c(C)cccc2C)CC1. The molecule has 2 amide bonds. The predicted octanol–water partition coefficient (Wildman–Crippen LogP) is -0.307. The van der Waals surface area contributed by atoms with E-state index in [0.29, 0.717) is 19.6 Å². The highest BCUT2D eigenvalue weighted by atomic mass is 16.2. The van der Waals surface area contributed by atoms with Crippen molar-refractivity contribution in [3.05, 3.63) is 64.7 Å². The molecule has 2 aromatic rings. The summed E-state index contributed by atoms with van der Waals surface area (Å²) in [5, 5.41) is 6.14. The van der Waals surface area contributed by atoms with Crippen molar-refractivity contribution in [2.45, 2.75) is 27.2 Å². The van der Waals surface area contributed by atoms with Crippen LogP contribution in [0.2, 0.25) is 0 Å². The lowest BCUT2D eigenvalue weighted by Crippen LogP contribution is -3.28. The van der Waals surface area contributed by atoms with E-state index < -0.39 is 0 Å². The van der Waals surface area contributed by atoms with Gasteiger partial charge in [0.15, 0.2) is 13.1 Å². The molecule has 1 aliphatic rings. The minimum atomic E-state index is 0.0600. The number of amides is 2. The van der Waals surface area contributed by atoms with Crippen molar-refractivity contribution >= 4 is 17.5 Å². The monoisotopic (exact) mass is 424 g/mol. The third-order valence-electron chi connectivity index (χ3n) is 6.21. The van der Waals surface area contributed by atoms with E-state index in [0.717, 1.165) is 49.4 Å². The fraction of sp³-hybridized carbons (Fsp3) is 0.440. The second kappa shape index (κ2) is 11.1. The third kappa shape index (κ3) is 6.91. The first-order chi connectivity index (χ1) is 14.9. The summed E-state index contributed by atoms with van der Waals surface area (Å²) in [6.45, 7) is 11.4. The average Bonchev–Trinajstić information content (AvgIpc) is 2.74. The summed E-state index contributed by atoms with van der Waals surface area (Å²) < 4.78 is 0. The van der Waals surface area contributed by atoms with Crippen molar-refractivity contribution in [3.63, 3.8) is 0 Å². The molecule has 0 aliphatic carbocycles. The number of quaternary nitrogens is 2. The van der Waals surface area contributed by atoms with E-state index in [2.05, 4.69) is 29.7 Å². The summed E-state index contributed by atoms with van der Waals surface area (Å²) in [4.78, 5) is 27.4. The van der Waals surface area contributed by atoms with Gasteiger partial charge in [-0.2, -0.15) is 0 Å². The van der Waals surface area contributed by atoms with Gasteiger partial charge < -0.3 is 20.4 Å². The van der Waals surface area contributed by atoms with Gasteiger partial charge in [0.2, 0.25) is 0 Å². The zero-order valence-corrected chi connectivity index (χ0v) is 19.0. The molecule has 0 saturated carbocycles. The van der Waals surface area contributed by atoms with Gasteiger partial charge >= 0.3 is 0 Å². The standard InChI is InChI=1S/C25H34N4O2/c1-19-7-4-5-10-22(19)11-12-26-23(30)17-28-13-15-29(16-14-28)18-24(31)27-25-20(2)8-6-9-21(25)3/h4-10H,11-18H2,1-3H3,(H,26,30)(H,27,31)/p+2. The Labute approximate surface area is 185 Å². The van der Waals surface area contributed by atoms with Crippen molar-refractivity contribution in [3.8, 4) is 0 Å². The van der Waals surface area contributed by atoms with Crippen molar-refractivity contribution in [1.82, 2.24) is 5.32 Å². The largest absolute Gasteiger partial charge is 0.351 e. The number of hydrogen-bond acceptors (Lipinski definition) is 2. The van der Waals surface area contributed by atoms with Gasteiger partial charge in [0.1, 0.15) is 26.2 Å². The van der Waals surface area contributed by atoms with Crippen molar-refractivity contribution in [2.75, 3.05) is 51.1 Å². The number of carbonyl (C=O) groups is 2. The van der Waals surface area contributed by atoms with E-state index in [1.807, 2.05) is 44.2 Å². The van der Waals surface area contributed by atoms with Crippen molar-refractivity contribution in [2.24, 2.45) is 0 Å². The Morgan fingerprint density at radius 3 is 1.94 bits per heavy atom. The Hall–Kier alpha value is -2.70. The van der Waals surface area contributed by atoms with E-state index >= 15 is 0 Å². The number of nitrogens with one attached hydrogen (secondary N) is 4. The van der Waals surface area contributed by atoms with E-state index in [4.69, 9.17) is 0 Å². The molecular weight excluding hydrogens is 388 g/mol. The molecule has 0 unspecified atom stereocenters. The highest BCUT2D eigenvalue weighted by molar-refractivity contribution is 5.93. The lowest BCUT2D eigenvalue weighted by molar-refractivity contribution is -1.00. The Morgan fingerprint density at radius 2 is 1.32 bits per heavy atom. The average molecular weight is 425 g/mol. The van der Waals surface area contributed by atoms with Crippen molar-refractivity contribution in [1.29, 1.82) is 0 Å². The molecule has 0 spiro atoms. The number of rotatable bonds is 8. The number of para-hydroxylation sites is 1. The maximum Gasteiger partial charge on any atom is 0.279 e. The number of hydrogen-bond donors (Lipinski definition) is 4. The number of anilines is 1. The first-order valence-electron chi connectivity index (χ1n) is 11.3. The van der Waals surface area contributed by atoms with Crippen LogP contribution in [0.15, 0.2) is 42.5 Å². The van der Waals surface area contributed by atoms with E-state index in [-0.39, 0.29) is 11.8 Å². The Bertz CT molecular complexity index is 884. The van der Waals surface area contributed by atoms with Gasteiger partial charge in [-0.05, 0) is 49.4 Å². The summed E-state index contributed by atoms with van der Waals surface area (Å²) in [5.41, 5.74) is 5.66. The Kier molecular flexibility index (Phi) is 8.20. The van der Waals surface area contributed by atoms with Gasteiger partial charge in [-0.3, -0.25) is 9.59 Å². The van der Waals surface area contributed by atoms with Crippen LogP contribution >= 0.6 is 0 Å².